The number of hydrogen-bond acceptors (Lipinski definition) is 4. The van der Waals surface area contributed by atoms with Crippen LogP contribution in [0.3, 0.4) is 0 Å². The number of nitrogens with one attached hydrogen (secondary N) is 1. The summed E-state index contributed by atoms with van der Waals surface area (Å²) in [6, 6.07) is 7.17. The monoisotopic (exact) mass is 331 g/mol. The maximum atomic E-state index is 12.1. The van der Waals surface area contributed by atoms with E-state index < -0.39 is 0 Å². The molecule has 0 unspecified atom stereocenters. The molecule has 128 valence electrons. The van der Waals surface area contributed by atoms with Crippen molar-refractivity contribution in [3.8, 4) is 5.75 Å². The molecule has 2 heterocycles. The molecule has 7 heteroatoms. The number of amides is 3. The van der Waals surface area contributed by atoms with Crippen molar-refractivity contribution in [2.24, 2.45) is 0 Å². The Morgan fingerprint density at radius 3 is 2.83 bits per heavy atom. The number of carbonyl (C=O) groups excluding carboxylic acids is 3. The number of benzene rings is 1. The van der Waals surface area contributed by atoms with Gasteiger partial charge in [-0.2, -0.15) is 0 Å². The van der Waals surface area contributed by atoms with Gasteiger partial charge in [0.1, 0.15) is 12.3 Å². The summed E-state index contributed by atoms with van der Waals surface area (Å²) in [6.07, 6.45) is 2.26. The lowest BCUT2D eigenvalue weighted by Crippen LogP contribution is -2.45. The topological polar surface area (TPSA) is 79.0 Å². The third-order valence-electron chi connectivity index (χ3n) is 4.21. The maximum absolute atomic E-state index is 12.1. The lowest BCUT2D eigenvalue weighted by molar-refractivity contribution is -0.127. The largest absolute Gasteiger partial charge is 0.482 e. The summed E-state index contributed by atoms with van der Waals surface area (Å²) in [5, 5.41) is 2.81. The standard InChI is InChI=1S/C17H21N3O4/c21-15(18-8-4-10-19-9-3-7-16(19)22)11-20-13-5-1-2-6-14(13)24-12-17(20)23/h1-2,5-6H,3-4,7-12H2,(H,18,21). The highest BCUT2D eigenvalue weighted by Crippen LogP contribution is 2.31. The molecule has 2 aliphatic heterocycles. The van der Waals surface area contributed by atoms with E-state index in [9.17, 15) is 14.4 Å². The molecule has 1 saturated heterocycles. The number of carbonyl (C=O) groups is 3. The van der Waals surface area contributed by atoms with Gasteiger partial charge in [-0.3, -0.25) is 19.3 Å². The Labute approximate surface area is 140 Å². The van der Waals surface area contributed by atoms with Gasteiger partial charge in [0, 0.05) is 26.1 Å². The number of rotatable bonds is 6. The smallest absolute Gasteiger partial charge is 0.265 e. The first kappa shape index (κ1) is 16.3. The van der Waals surface area contributed by atoms with Crippen LogP contribution in [-0.4, -0.2) is 55.4 Å². The zero-order valence-corrected chi connectivity index (χ0v) is 13.5. The molecule has 0 aromatic heterocycles. The Balaban J connectivity index is 1.46. The zero-order valence-electron chi connectivity index (χ0n) is 13.5. The first-order valence-corrected chi connectivity index (χ1v) is 8.22. The lowest BCUT2D eigenvalue weighted by Gasteiger charge is -2.28. The minimum absolute atomic E-state index is 0.0259. The van der Waals surface area contributed by atoms with Gasteiger partial charge in [-0.05, 0) is 25.0 Å². The summed E-state index contributed by atoms with van der Waals surface area (Å²) in [5.74, 6) is 0.355. The van der Waals surface area contributed by atoms with Crippen molar-refractivity contribution < 1.29 is 19.1 Å². The molecule has 0 radical (unpaired) electrons. The molecule has 0 atom stereocenters. The number of para-hydroxylation sites is 2. The molecule has 3 rings (SSSR count). The fourth-order valence-electron chi connectivity index (χ4n) is 2.97. The van der Waals surface area contributed by atoms with Crippen LogP contribution in [0.1, 0.15) is 19.3 Å². The molecule has 1 aromatic carbocycles. The number of nitrogens with zero attached hydrogens (tertiary/aromatic N) is 2. The van der Waals surface area contributed by atoms with Crippen LogP contribution in [0.5, 0.6) is 5.75 Å². The summed E-state index contributed by atoms with van der Waals surface area (Å²) in [5.41, 5.74) is 0.617. The number of anilines is 1. The lowest BCUT2D eigenvalue weighted by atomic mass is 10.2. The minimum atomic E-state index is -0.230. The second kappa shape index (κ2) is 7.33. The van der Waals surface area contributed by atoms with Gasteiger partial charge in [0.05, 0.1) is 5.69 Å². The van der Waals surface area contributed by atoms with Gasteiger partial charge in [0.2, 0.25) is 11.8 Å². The van der Waals surface area contributed by atoms with Crippen molar-refractivity contribution in [2.45, 2.75) is 19.3 Å². The predicted octanol–water partition coefficient (Wildman–Crippen LogP) is 0.541. The molecular weight excluding hydrogens is 310 g/mol. The van der Waals surface area contributed by atoms with Crippen molar-refractivity contribution in [1.82, 2.24) is 10.2 Å². The Morgan fingerprint density at radius 2 is 2.04 bits per heavy atom. The van der Waals surface area contributed by atoms with Crippen LogP contribution < -0.4 is 15.0 Å². The molecule has 1 fully saturated rings. The molecule has 2 aliphatic rings. The zero-order chi connectivity index (χ0) is 16.9. The van der Waals surface area contributed by atoms with E-state index in [-0.39, 0.29) is 30.9 Å². The second-order valence-electron chi connectivity index (χ2n) is 5.92. The van der Waals surface area contributed by atoms with E-state index in [1.807, 2.05) is 11.0 Å². The van der Waals surface area contributed by atoms with Crippen LogP contribution in [0, 0.1) is 0 Å². The minimum Gasteiger partial charge on any atom is -0.482 e. The highest BCUT2D eigenvalue weighted by molar-refractivity contribution is 6.02. The van der Waals surface area contributed by atoms with Gasteiger partial charge in [0.15, 0.2) is 6.61 Å². The van der Waals surface area contributed by atoms with Crippen molar-refractivity contribution in [1.29, 1.82) is 0 Å². The van der Waals surface area contributed by atoms with E-state index in [0.717, 1.165) is 13.0 Å². The highest BCUT2D eigenvalue weighted by Gasteiger charge is 2.26. The van der Waals surface area contributed by atoms with Crippen molar-refractivity contribution in [3.63, 3.8) is 0 Å². The number of ether oxygens (including phenoxy) is 1. The first-order valence-electron chi connectivity index (χ1n) is 8.22. The molecule has 0 saturated carbocycles. The van der Waals surface area contributed by atoms with E-state index in [0.29, 0.717) is 37.4 Å². The number of fused-ring (bicyclic) bond motifs is 1. The highest BCUT2D eigenvalue weighted by atomic mass is 16.5. The van der Waals surface area contributed by atoms with Crippen molar-refractivity contribution in [2.75, 3.05) is 37.7 Å². The average Bonchev–Trinajstić information content (AvgIpc) is 2.99. The van der Waals surface area contributed by atoms with Gasteiger partial charge >= 0.3 is 0 Å². The Morgan fingerprint density at radius 1 is 1.21 bits per heavy atom. The van der Waals surface area contributed by atoms with Crippen LogP contribution in [0.15, 0.2) is 24.3 Å². The second-order valence-corrected chi connectivity index (χ2v) is 5.92. The molecule has 1 N–H and O–H groups in total. The Bertz CT molecular complexity index is 646. The summed E-state index contributed by atoms with van der Waals surface area (Å²) < 4.78 is 5.35. The van der Waals surface area contributed by atoms with Gasteiger partial charge in [-0.15, -0.1) is 0 Å². The van der Waals surface area contributed by atoms with E-state index in [2.05, 4.69) is 5.32 Å². The molecule has 0 bridgehead atoms. The van der Waals surface area contributed by atoms with Gasteiger partial charge in [-0.1, -0.05) is 12.1 Å². The third-order valence-corrected chi connectivity index (χ3v) is 4.21. The van der Waals surface area contributed by atoms with Crippen LogP contribution >= 0.6 is 0 Å². The molecule has 0 spiro atoms. The van der Waals surface area contributed by atoms with Gasteiger partial charge < -0.3 is 15.0 Å². The first-order chi connectivity index (χ1) is 11.6. The SMILES string of the molecule is O=C(CN1C(=O)COc2ccccc21)NCCCN1CCCC1=O. The summed E-state index contributed by atoms with van der Waals surface area (Å²) in [7, 11) is 0. The molecule has 7 nitrogen and oxygen atoms in total. The maximum Gasteiger partial charge on any atom is 0.265 e. The van der Waals surface area contributed by atoms with E-state index >= 15 is 0 Å². The van der Waals surface area contributed by atoms with Gasteiger partial charge in [0.25, 0.3) is 5.91 Å². The summed E-state index contributed by atoms with van der Waals surface area (Å²) in [4.78, 5) is 38.9. The summed E-state index contributed by atoms with van der Waals surface area (Å²) >= 11 is 0. The molecule has 1 aromatic rings. The number of hydrogen-bond donors (Lipinski definition) is 1. The molecule has 3 amide bonds. The summed E-state index contributed by atoms with van der Waals surface area (Å²) in [6.45, 7) is 1.89. The fourth-order valence-corrected chi connectivity index (χ4v) is 2.97. The quantitative estimate of drug-likeness (QED) is 0.772. The van der Waals surface area contributed by atoms with Crippen LogP contribution in [0.25, 0.3) is 0 Å². The fraction of sp³-hybridized carbons (Fsp3) is 0.471. The van der Waals surface area contributed by atoms with Crippen molar-refractivity contribution in [3.05, 3.63) is 24.3 Å². The molecular formula is C17H21N3O4. The van der Waals surface area contributed by atoms with Crippen LogP contribution in [0.4, 0.5) is 5.69 Å². The number of likely N-dealkylation sites (tertiary alicyclic amines) is 1. The van der Waals surface area contributed by atoms with Crippen LogP contribution in [0.2, 0.25) is 0 Å². The normalized spacial score (nSPS) is 16.8. The third kappa shape index (κ3) is 3.67. The van der Waals surface area contributed by atoms with Crippen molar-refractivity contribution >= 4 is 23.4 Å². The van der Waals surface area contributed by atoms with E-state index in [1.165, 1.54) is 4.90 Å². The average molecular weight is 331 g/mol. The molecule has 0 aliphatic carbocycles. The van der Waals surface area contributed by atoms with Gasteiger partial charge in [-0.25, -0.2) is 0 Å². The van der Waals surface area contributed by atoms with E-state index in [4.69, 9.17) is 4.74 Å². The Hall–Kier alpha value is -2.57. The predicted molar refractivity (Wildman–Crippen MR) is 87.7 cm³/mol. The Kier molecular flexibility index (Phi) is 4.98. The molecule has 24 heavy (non-hydrogen) atoms. The van der Waals surface area contributed by atoms with E-state index in [1.54, 1.807) is 18.2 Å². The van der Waals surface area contributed by atoms with Crippen LogP contribution in [-0.2, 0) is 14.4 Å².